The highest BCUT2D eigenvalue weighted by molar-refractivity contribution is 14.0. The molecule has 0 fully saturated rings. The molecule has 0 amide bonds. The monoisotopic (exact) mass is 508 g/mol. The van der Waals surface area contributed by atoms with Crippen LogP contribution in [0.5, 0.6) is 5.75 Å². The molecule has 0 aliphatic heterocycles. The molecule has 0 atom stereocenters. The number of rotatable bonds is 5. The minimum Gasteiger partial charge on any atom is -0.404 e. The van der Waals surface area contributed by atoms with Crippen LogP contribution >= 0.6 is 24.0 Å². The highest BCUT2D eigenvalue weighted by Gasteiger charge is 2.32. The van der Waals surface area contributed by atoms with E-state index in [1.54, 1.807) is 18.3 Å². The van der Waals surface area contributed by atoms with Crippen LogP contribution < -0.4 is 15.8 Å². The summed E-state index contributed by atoms with van der Waals surface area (Å²) in [6.07, 6.45) is -2.52. The molecule has 150 valence electrons. The van der Waals surface area contributed by atoms with Crippen molar-refractivity contribution in [1.29, 1.82) is 0 Å². The Morgan fingerprint density at radius 3 is 2.68 bits per heavy atom. The topological polar surface area (TPSA) is 75.4 Å². The molecule has 0 radical (unpaired) electrons. The maximum absolute atomic E-state index is 13.2. The number of benzene rings is 2. The number of anilines is 1. The summed E-state index contributed by atoms with van der Waals surface area (Å²) in [5.74, 6) is -0.775. The van der Waals surface area contributed by atoms with Crippen molar-refractivity contribution in [3.63, 3.8) is 0 Å². The number of ether oxygens (including phenoxy) is 1. The van der Waals surface area contributed by atoms with Gasteiger partial charge in [0.15, 0.2) is 11.7 Å². The Morgan fingerprint density at radius 1 is 1.18 bits per heavy atom. The standard InChI is InChI=1S/C18H16F4N4O.HI/c19-12-5-6-13-11(10-25-15(13)9-12)7-8-24-17(23)26-14-3-1-2-4-16(14)27-18(20,21)22;/h1-6,9-10,25H,7-8H2,(H3,23,24,26);1H. The zero-order chi connectivity index (χ0) is 19.4. The first-order valence-electron chi connectivity index (χ1n) is 7.99. The number of aliphatic imine (C=N–C) groups is 1. The van der Waals surface area contributed by atoms with Crippen molar-refractivity contribution in [1.82, 2.24) is 4.98 Å². The van der Waals surface area contributed by atoms with E-state index in [0.29, 0.717) is 18.5 Å². The van der Waals surface area contributed by atoms with Gasteiger partial charge in [-0.3, -0.25) is 4.99 Å². The maximum Gasteiger partial charge on any atom is 0.573 e. The molecule has 3 aromatic rings. The van der Waals surface area contributed by atoms with Gasteiger partial charge in [0.05, 0.1) is 5.69 Å². The first kappa shape index (κ1) is 21.8. The minimum atomic E-state index is -4.81. The number of guanidine groups is 1. The summed E-state index contributed by atoms with van der Waals surface area (Å²) < 4.78 is 54.4. The van der Waals surface area contributed by atoms with Crippen LogP contribution in [0.15, 0.2) is 53.7 Å². The number of nitrogens with zero attached hydrogens (tertiary/aromatic N) is 1. The van der Waals surface area contributed by atoms with Crippen LogP contribution in [-0.4, -0.2) is 23.9 Å². The third-order valence-electron chi connectivity index (χ3n) is 3.77. The predicted molar refractivity (Wildman–Crippen MR) is 111 cm³/mol. The van der Waals surface area contributed by atoms with Crippen LogP contribution in [0, 0.1) is 5.82 Å². The Hall–Kier alpha value is -2.50. The summed E-state index contributed by atoms with van der Waals surface area (Å²) in [7, 11) is 0. The lowest BCUT2D eigenvalue weighted by Crippen LogP contribution is -2.24. The van der Waals surface area contributed by atoms with Crippen molar-refractivity contribution in [3.8, 4) is 5.75 Å². The largest absolute Gasteiger partial charge is 0.573 e. The summed E-state index contributed by atoms with van der Waals surface area (Å²) in [4.78, 5) is 7.09. The van der Waals surface area contributed by atoms with Crippen molar-refractivity contribution in [2.75, 3.05) is 11.9 Å². The van der Waals surface area contributed by atoms with E-state index in [1.165, 1.54) is 30.3 Å². The van der Waals surface area contributed by atoms with Gasteiger partial charge in [-0.15, -0.1) is 37.1 Å². The van der Waals surface area contributed by atoms with Crippen molar-refractivity contribution in [3.05, 3.63) is 60.0 Å². The van der Waals surface area contributed by atoms with Crippen LogP contribution in [0.3, 0.4) is 0 Å². The second-order valence-electron chi connectivity index (χ2n) is 5.69. The highest BCUT2D eigenvalue weighted by atomic mass is 127. The third-order valence-corrected chi connectivity index (χ3v) is 3.77. The molecule has 0 spiro atoms. The van der Waals surface area contributed by atoms with Crippen LogP contribution in [0.4, 0.5) is 23.2 Å². The number of aromatic amines is 1. The number of nitrogens with one attached hydrogen (secondary N) is 2. The van der Waals surface area contributed by atoms with Crippen LogP contribution in [0.2, 0.25) is 0 Å². The smallest absolute Gasteiger partial charge is 0.404 e. The van der Waals surface area contributed by atoms with E-state index in [1.807, 2.05) is 0 Å². The van der Waals surface area contributed by atoms with Crippen molar-refractivity contribution < 1.29 is 22.3 Å². The van der Waals surface area contributed by atoms with Gasteiger partial charge in [-0.1, -0.05) is 12.1 Å². The van der Waals surface area contributed by atoms with Gasteiger partial charge >= 0.3 is 6.36 Å². The van der Waals surface area contributed by atoms with E-state index in [2.05, 4.69) is 20.0 Å². The molecule has 0 bridgehead atoms. The first-order valence-corrected chi connectivity index (χ1v) is 7.99. The fraction of sp³-hybridized carbons (Fsp3) is 0.167. The van der Waals surface area contributed by atoms with E-state index in [9.17, 15) is 17.6 Å². The van der Waals surface area contributed by atoms with E-state index in [4.69, 9.17) is 5.73 Å². The zero-order valence-electron chi connectivity index (χ0n) is 14.4. The molecule has 2 aromatic carbocycles. The second-order valence-corrected chi connectivity index (χ2v) is 5.69. The van der Waals surface area contributed by atoms with Gasteiger partial charge in [-0.25, -0.2) is 4.39 Å². The number of H-pyrrole nitrogens is 1. The molecular weight excluding hydrogens is 491 g/mol. The quantitative estimate of drug-likeness (QED) is 0.201. The number of nitrogens with two attached hydrogens (primary N) is 1. The van der Waals surface area contributed by atoms with E-state index >= 15 is 0 Å². The SMILES string of the molecule is I.NC(=NCCc1c[nH]c2cc(F)ccc12)Nc1ccccc1OC(F)(F)F. The number of alkyl halides is 3. The second kappa shape index (κ2) is 9.13. The number of aromatic nitrogens is 1. The molecule has 4 N–H and O–H groups in total. The molecule has 0 saturated carbocycles. The van der Waals surface area contributed by atoms with E-state index in [-0.39, 0.29) is 41.4 Å². The molecular formula is C18H17F4IN4O. The lowest BCUT2D eigenvalue weighted by atomic mass is 10.1. The fourth-order valence-electron chi connectivity index (χ4n) is 2.62. The molecule has 0 unspecified atom stereocenters. The summed E-state index contributed by atoms with van der Waals surface area (Å²) in [5.41, 5.74) is 7.42. The Kier molecular flexibility index (Phi) is 7.11. The molecule has 0 aliphatic carbocycles. The van der Waals surface area contributed by atoms with Crippen LogP contribution in [-0.2, 0) is 6.42 Å². The van der Waals surface area contributed by atoms with Gasteiger partial charge in [0, 0.05) is 23.6 Å². The number of hydrogen-bond acceptors (Lipinski definition) is 2. The number of para-hydroxylation sites is 2. The first-order chi connectivity index (χ1) is 12.8. The highest BCUT2D eigenvalue weighted by Crippen LogP contribution is 2.29. The van der Waals surface area contributed by atoms with Crippen molar-refractivity contribution in [2.45, 2.75) is 12.8 Å². The van der Waals surface area contributed by atoms with Gasteiger partial charge in [-0.05, 0) is 42.3 Å². The molecule has 1 heterocycles. The Morgan fingerprint density at radius 2 is 1.93 bits per heavy atom. The van der Waals surface area contributed by atoms with E-state index < -0.39 is 12.1 Å². The molecule has 10 heteroatoms. The Labute approximate surface area is 175 Å². The maximum atomic E-state index is 13.2. The molecule has 0 saturated heterocycles. The Balaban J connectivity index is 0.00000280. The van der Waals surface area contributed by atoms with Crippen molar-refractivity contribution >= 4 is 46.5 Å². The third kappa shape index (κ3) is 5.75. The van der Waals surface area contributed by atoms with Crippen molar-refractivity contribution in [2.24, 2.45) is 10.7 Å². The average molecular weight is 508 g/mol. The van der Waals surface area contributed by atoms with Gasteiger partial charge in [-0.2, -0.15) is 0 Å². The molecule has 3 rings (SSSR count). The van der Waals surface area contributed by atoms with Gasteiger partial charge in [0.25, 0.3) is 0 Å². The van der Waals surface area contributed by atoms with E-state index in [0.717, 1.165) is 10.9 Å². The zero-order valence-corrected chi connectivity index (χ0v) is 16.7. The molecule has 28 heavy (non-hydrogen) atoms. The normalized spacial score (nSPS) is 11.9. The Bertz CT molecular complexity index is 972. The van der Waals surface area contributed by atoms with Gasteiger partial charge in [0.2, 0.25) is 0 Å². The fourth-order valence-corrected chi connectivity index (χ4v) is 2.62. The number of fused-ring (bicyclic) bond motifs is 1. The minimum absolute atomic E-state index is 0. The van der Waals surface area contributed by atoms with Crippen LogP contribution in [0.25, 0.3) is 10.9 Å². The molecule has 5 nitrogen and oxygen atoms in total. The lowest BCUT2D eigenvalue weighted by molar-refractivity contribution is -0.274. The van der Waals surface area contributed by atoms with Crippen LogP contribution in [0.1, 0.15) is 5.56 Å². The predicted octanol–water partition coefficient (Wildman–Crippen LogP) is 4.79. The molecule has 0 aliphatic rings. The lowest BCUT2D eigenvalue weighted by Gasteiger charge is -2.14. The van der Waals surface area contributed by atoms with Gasteiger partial charge < -0.3 is 20.8 Å². The summed E-state index contributed by atoms with van der Waals surface area (Å²) >= 11 is 0. The van der Waals surface area contributed by atoms with Gasteiger partial charge in [0.1, 0.15) is 5.82 Å². The number of hydrogen-bond donors (Lipinski definition) is 3. The molecule has 1 aromatic heterocycles. The summed E-state index contributed by atoms with van der Waals surface area (Å²) in [6.45, 7) is 0.297. The number of halogens is 5. The average Bonchev–Trinajstić information content (AvgIpc) is 2.97. The summed E-state index contributed by atoms with van der Waals surface area (Å²) in [5, 5.41) is 3.48. The summed E-state index contributed by atoms with van der Waals surface area (Å²) in [6, 6.07) is 9.98.